The predicted octanol–water partition coefficient (Wildman–Crippen LogP) is 6.19. The number of carbonyl (C=O) groups excluding carboxylic acids is 1. The van der Waals surface area contributed by atoms with Crippen molar-refractivity contribution in [2.75, 3.05) is 6.61 Å². The molecule has 1 fully saturated rings. The molecule has 9 N–H and O–H groups in total. The molecule has 1 aliphatic rings. The number of allylic oxidation sites excluding steroid dienone is 5. The second kappa shape index (κ2) is 32.4. The first-order chi connectivity index (χ1) is 26.8. The Hall–Kier alpha value is -1.48. The van der Waals surface area contributed by atoms with E-state index in [0.29, 0.717) is 12.8 Å². The van der Waals surface area contributed by atoms with E-state index in [1.165, 1.54) is 63.9 Å². The first-order valence-corrected chi connectivity index (χ1v) is 23.0. The standard InChI is InChI=1S/C42H78NO12P/c1-3-5-7-9-11-13-15-16-17-18-20-21-23-25-27-29-33(44)31-36(46)43-34(35(45)30-28-26-24-22-19-14-12-10-8-6-4-2)32-54-56(52,53)55-42-40(50)38(48)37(47)39(49)41(42)51/h11,13,16-17,28,30,33-35,37-42,44-45,47-51H,3-10,12,14-15,18-27,29,31-32H2,1-2H3,(H,43,46)(H,52,53)/b13-11-,17-16-,30-28+. The molecule has 8 unspecified atom stereocenters. The van der Waals surface area contributed by atoms with Crippen molar-refractivity contribution in [2.24, 2.45) is 0 Å². The molecule has 0 aromatic heterocycles. The third kappa shape index (κ3) is 24.4. The lowest BCUT2D eigenvalue weighted by Gasteiger charge is -2.41. The molecule has 14 heteroatoms. The Labute approximate surface area is 336 Å². The van der Waals surface area contributed by atoms with Gasteiger partial charge in [0, 0.05) is 0 Å². The monoisotopic (exact) mass is 820 g/mol. The van der Waals surface area contributed by atoms with Gasteiger partial charge in [0.15, 0.2) is 0 Å². The van der Waals surface area contributed by atoms with E-state index in [4.69, 9.17) is 9.05 Å². The molecule has 8 atom stereocenters. The van der Waals surface area contributed by atoms with Gasteiger partial charge in [0.1, 0.15) is 36.6 Å². The maximum atomic E-state index is 12.9. The van der Waals surface area contributed by atoms with E-state index in [1.54, 1.807) is 6.08 Å². The van der Waals surface area contributed by atoms with Crippen molar-refractivity contribution in [1.82, 2.24) is 5.32 Å². The maximum Gasteiger partial charge on any atom is 0.472 e. The predicted molar refractivity (Wildman–Crippen MR) is 220 cm³/mol. The van der Waals surface area contributed by atoms with Gasteiger partial charge >= 0.3 is 7.82 Å². The highest BCUT2D eigenvalue weighted by Gasteiger charge is 2.51. The third-order valence-electron chi connectivity index (χ3n) is 10.2. The van der Waals surface area contributed by atoms with Crippen molar-refractivity contribution >= 4 is 13.7 Å². The Morgan fingerprint density at radius 2 is 1.09 bits per heavy atom. The minimum atomic E-state index is -5.14. The van der Waals surface area contributed by atoms with Crippen molar-refractivity contribution in [3.05, 3.63) is 36.5 Å². The second-order valence-corrected chi connectivity index (χ2v) is 16.8. The highest BCUT2D eigenvalue weighted by atomic mass is 31.2. The largest absolute Gasteiger partial charge is 0.472 e. The highest BCUT2D eigenvalue weighted by molar-refractivity contribution is 7.47. The van der Waals surface area contributed by atoms with E-state index in [9.17, 15) is 50.0 Å². The van der Waals surface area contributed by atoms with Crippen LogP contribution >= 0.6 is 7.82 Å². The number of phosphoric acid groups is 1. The number of aliphatic hydroxyl groups excluding tert-OH is 7. The molecule has 0 bridgehead atoms. The summed E-state index contributed by atoms with van der Waals surface area (Å²) >= 11 is 0. The van der Waals surface area contributed by atoms with E-state index in [2.05, 4.69) is 43.5 Å². The zero-order chi connectivity index (χ0) is 41.6. The summed E-state index contributed by atoms with van der Waals surface area (Å²) in [5.74, 6) is -0.605. The smallest absolute Gasteiger partial charge is 0.393 e. The lowest BCUT2D eigenvalue weighted by Crippen LogP contribution is -2.64. The van der Waals surface area contributed by atoms with Gasteiger partial charge in [0.05, 0.1) is 31.3 Å². The van der Waals surface area contributed by atoms with Crippen LogP contribution in [0.2, 0.25) is 0 Å². The van der Waals surface area contributed by atoms with Crippen molar-refractivity contribution < 1.29 is 59.0 Å². The molecule has 0 aromatic carbocycles. The average molecular weight is 820 g/mol. The Balaban J connectivity index is 2.59. The van der Waals surface area contributed by atoms with Gasteiger partial charge in [-0.25, -0.2) is 4.57 Å². The van der Waals surface area contributed by atoms with E-state index < -0.39 is 75.2 Å². The zero-order valence-corrected chi connectivity index (χ0v) is 35.2. The molecule has 1 rings (SSSR count). The van der Waals surface area contributed by atoms with Crippen LogP contribution < -0.4 is 5.32 Å². The number of amides is 1. The molecule has 0 radical (unpaired) electrons. The molecule has 0 spiro atoms. The van der Waals surface area contributed by atoms with Gasteiger partial charge in [-0.05, 0) is 51.4 Å². The molecule has 328 valence electrons. The van der Waals surface area contributed by atoms with E-state index in [0.717, 1.165) is 70.6 Å². The van der Waals surface area contributed by atoms with Crippen LogP contribution in [0.1, 0.15) is 162 Å². The average Bonchev–Trinajstić information content (AvgIpc) is 3.17. The number of aliphatic hydroxyl groups is 7. The fourth-order valence-corrected chi connectivity index (χ4v) is 7.59. The van der Waals surface area contributed by atoms with Crippen molar-refractivity contribution in [1.29, 1.82) is 0 Å². The van der Waals surface area contributed by atoms with Gasteiger partial charge in [0.25, 0.3) is 0 Å². The van der Waals surface area contributed by atoms with Crippen LogP contribution in [0.5, 0.6) is 0 Å². The fraction of sp³-hybridized carbons (Fsp3) is 0.833. The van der Waals surface area contributed by atoms with Crippen molar-refractivity contribution in [2.45, 2.75) is 216 Å². The van der Waals surface area contributed by atoms with Gasteiger partial charge in [-0.1, -0.05) is 140 Å². The molecule has 56 heavy (non-hydrogen) atoms. The Kier molecular flexibility index (Phi) is 30.4. The van der Waals surface area contributed by atoms with E-state index in [-0.39, 0.29) is 6.42 Å². The molecular formula is C42H78NO12P. The van der Waals surface area contributed by atoms with Gasteiger partial charge in [-0.3, -0.25) is 13.8 Å². The van der Waals surface area contributed by atoms with Gasteiger partial charge in [-0.15, -0.1) is 0 Å². The second-order valence-electron chi connectivity index (χ2n) is 15.4. The fourth-order valence-electron chi connectivity index (χ4n) is 6.62. The summed E-state index contributed by atoms with van der Waals surface area (Å²) in [6, 6.07) is -1.24. The summed E-state index contributed by atoms with van der Waals surface area (Å²) in [6.07, 6.45) is 21.0. The number of nitrogens with one attached hydrogen (secondary N) is 1. The quantitative estimate of drug-likeness (QED) is 0.0201. The normalized spacial score (nSPS) is 24.5. The minimum absolute atomic E-state index is 0.255. The van der Waals surface area contributed by atoms with Crippen LogP contribution in [0.25, 0.3) is 0 Å². The summed E-state index contributed by atoms with van der Waals surface area (Å²) < 4.78 is 22.8. The number of rotatable bonds is 34. The van der Waals surface area contributed by atoms with Crippen molar-refractivity contribution in [3.63, 3.8) is 0 Å². The van der Waals surface area contributed by atoms with Crippen LogP contribution in [0.3, 0.4) is 0 Å². The van der Waals surface area contributed by atoms with Gasteiger partial charge in [0.2, 0.25) is 5.91 Å². The summed E-state index contributed by atoms with van der Waals surface area (Å²) in [4.78, 5) is 23.3. The lowest BCUT2D eigenvalue weighted by atomic mass is 9.85. The van der Waals surface area contributed by atoms with Crippen LogP contribution in [-0.4, -0.2) is 108 Å². The first kappa shape index (κ1) is 52.5. The SMILES string of the molecule is CCCCC/C=C\C/C=C\CCCCCCCC(O)CC(=O)NC(COP(=O)(O)OC1C(O)C(O)C(O)C(O)C1O)C(O)/C=C/CCCCCCCCCCC. The lowest BCUT2D eigenvalue weighted by molar-refractivity contribution is -0.220. The number of hydrogen-bond donors (Lipinski definition) is 9. The summed E-state index contributed by atoms with van der Waals surface area (Å²) in [7, 11) is -5.14. The maximum absolute atomic E-state index is 12.9. The Morgan fingerprint density at radius 1 is 0.643 bits per heavy atom. The highest BCUT2D eigenvalue weighted by Crippen LogP contribution is 2.47. The number of carbonyl (C=O) groups is 1. The molecule has 0 aromatic rings. The molecular weight excluding hydrogens is 741 g/mol. The minimum Gasteiger partial charge on any atom is -0.393 e. The summed E-state index contributed by atoms with van der Waals surface area (Å²) in [6.45, 7) is 3.66. The number of hydrogen-bond acceptors (Lipinski definition) is 11. The summed E-state index contributed by atoms with van der Waals surface area (Å²) in [5, 5.41) is 74.2. The van der Waals surface area contributed by atoms with Crippen LogP contribution in [0, 0.1) is 0 Å². The number of unbranched alkanes of at least 4 members (excludes halogenated alkanes) is 17. The van der Waals surface area contributed by atoms with Crippen molar-refractivity contribution in [3.8, 4) is 0 Å². The Bertz CT molecular complexity index is 1110. The molecule has 1 aliphatic carbocycles. The van der Waals surface area contributed by atoms with Crippen LogP contribution in [0.4, 0.5) is 0 Å². The first-order valence-electron chi connectivity index (χ1n) is 21.5. The third-order valence-corrected chi connectivity index (χ3v) is 11.2. The molecule has 0 aliphatic heterocycles. The molecule has 13 nitrogen and oxygen atoms in total. The van der Waals surface area contributed by atoms with E-state index in [1.807, 2.05) is 0 Å². The summed E-state index contributed by atoms with van der Waals surface area (Å²) in [5.41, 5.74) is 0. The van der Waals surface area contributed by atoms with Gasteiger partial charge in [-0.2, -0.15) is 0 Å². The van der Waals surface area contributed by atoms with Crippen LogP contribution in [-0.2, 0) is 18.4 Å². The molecule has 0 heterocycles. The topological polar surface area (TPSA) is 226 Å². The van der Waals surface area contributed by atoms with E-state index >= 15 is 0 Å². The number of phosphoric ester groups is 1. The zero-order valence-electron chi connectivity index (χ0n) is 34.3. The Morgan fingerprint density at radius 3 is 1.64 bits per heavy atom. The van der Waals surface area contributed by atoms with Crippen LogP contribution in [0.15, 0.2) is 36.5 Å². The molecule has 1 amide bonds. The molecule has 0 saturated heterocycles. The van der Waals surface area contributed by atoms with Gasteiger partial charge < -0.3 is 46.0 Å². The molecule has 1 saturated carbocycles.